The van der Waals surface area contributed by atoms with Gasteiger partial charge in [0.1, 0.15) is 23.8 Å². The van der Waals surface area contributed by atoms with Crippen molar-refractivity contribution in [3.8, 4) is 11.5 Å². The third-order valence-electron chi connectivity index (χ3n) is 8.79. The quantitative estimate of drug-likeness (QED) is 0.336. The van der Waals surface area contributed by atoms with Crippen LogP contribution in [0.15, 0.2) is 48.5 Å². The first-order valence-corrected chi connectivity index (χ1v) is 15.5. The normalized spacial score (nSPS) is 19.5. The van der Waals surface area contributed by atoms with Gasteiger partial charge < -0.3 is 30.4 Å². The first kappa shape index (κ1) is 33.7. The van der Waals surface area contributed by atoms with Crippen LogP contribution in [0.3, 0.4) is 0 Å². The van der Waals surface area contributed by atoms with Gasteiger partial charge in [0, 0.05) is 23.7 Å². The fraction of sp³-hybridized carbons (Fsp3) is 0.514. The Hall–Kier alpha value is -4.21. The van der Waals surface area contributed by atoms with E-state index in [0.717, 1.165) is 19.1 Å². The zero-order valence-electron chi connectivity index (χ0n) is 27.4. The van der Waals surface area contributed by atoms with E-state index < -0.39 is 29.3 Å². The number of hydrogen-bond acceptors (Lipinski definition) is 6. The molecule has 2 aromatic rings. The van der Waals surface area contributed by atoms with E-state index in [4.69, 9.17) is 4.74 Å². The molecule has 2 fully saturated rings. The van der Waals surface area contributed by atoms with Crippen molar-refractivity contribution < 1.29 is 28.7 Å². The summed E-state index contributed by atoms with van der Waals surface area (Å²) in [4.78, 5) is 64.4. The average Bonchev–Trinajstić information content (AvgIpc) is 3.46. The van der Waals surface area contributed by atoms with Gasteiger partial charge >= 0.3 is 0 Å². The van der Waals surface area contributed by atoms with Crippen LogP contribution < -0.4 is 20.7 Å². The summed E-state index contributed by atoms with van der Waals surface area (Å²) in [6, 6.07) is 12.1. The van der Waals surface area contributed by atoms with E-state index in [9.17, 15) is 24.0 Å². The molecule has 2 aliphatic rings. The molecule has 0 radical (unpaired) electrons. The molecule has 1 saturated heterocycles. The van der Waals surface area contributed by atoms with E-state index in [1.54, 1.807) is 48.5 Å². The van der Waals surface area contributed by atoms with E-state index in [1.165, 1.54) is 4.90 Å². The predicted octanol–water partition coefficient (Wildman–Crippen LogP) is 4.48. The highest BCUT2D eigenvalue weighted by Gasteiger charge is 2.53. The van der Waals surface area contributed by atoms with Crippen LogP contribution in [0.5, 0.6) is 11.5 Å². The van der Waals surface area contributed by atoms with Crippen LogP contribution in [0.25, 0.3) is 0 Å². The molecule has 0 bridgehead atoms. The summed E-state index contributed by atoms with van der Waals surface area (Å²) in [5.74, 6) is -0.329. The molecule has 4 amide bonds. The molecular weight excluding hydrogens is 572 g/mol. The van der Waals surface area contributed by atoms with E-state index in [0.29, 0.717) is 35.6 Å². The number of carbonyl (C=O) groups excluding carboxylic acids is 5. The molecule has 1 aliphatic carbocycles. The number of amides is 4. The van der Waals surface area contributed by atoms with Crippen LogP contribution in [0, 0.1) is 16.2 Å². The summed E-state index contributed by atoms with van der Waals surface area (Å²) in [6.07, 6.45) is 3.18. The molecule has 1 aliphatic heterocycles. The van der Waals surface area contributed by atoms with Gasteiger partial charge in [-0.15, -0.1) is 0 Å². The molecule has 10 nitrogen and oxygen atoms in total. The van der Waals surface area contributed by atoms with Gasteiger partial charge in [0.2, 0.25) is 11.8 Å². The predicted molar refractivity (Wildman–Crippen MR) is 171 cm³/mol. The lowest BCUT2D eigenvalue weighted by Gasteiger charge is -2.57. The number of benzene rings is 2. The third kappa shape index (κ3) is 7.90. The van der Waals surface area contributed by atoms with Crippen molar-refractivity contribution in [2.75, 3.05) is 13.1 Å². The zero-order chi connectivity index (χ0) is 33.2. The summed E-state index contributed by atoms with van der Waals surface area (Å²) in [7, 11) is 0. The molecule has 4 rings (SSSR count). The molecule has 2 aromatic carbocycles. The van der Waals surface area contributed by atoms with Crippen LogP contribution >= 0.6 is 0 Å². The third-order valence-corrected chi connectivity index (χ3v) is 8.79. The van der Waals surface area contributed by atoms with Crippen molar-refractivity contribution in [1.29, 1.82) is 0 Å². The maximum Gasteiger partial charge on any atom is 0.251 e. The Kier molecular flexibility index (Phi) is 9.75. The van der Waals surface area contributed by atoms with Crippen molar-refractivity contribution >= 4 is 29.9 Å². The minimum absolute atomic E-state index is 0.0589. The molecule has 10 heteroatoms. The highest BCUT2D eigenvalue weighted by molar-refractivity contribution is 5.97. The molecule has 242 valence electrons. The minimum atomic E-state index is -0.843. The van der Waals surface area contributed by atoms with Gasteiger partial charge in [-0.1, -0.05) is 48.5 Å². The number of rotatable bonds is 10. The molecule has 0 unspecified atom stereocenters. The second kappa shape index (κ2) is 13.0. The van der Waals surface area contributed by atoms with Gasteiger partial charge in [-0.2, -0.15) is 0 Å². The van der Waals surface area contributed by atoms with Crippen LogP contribution in [0.4, 0.5) is 0 Å². The number of carbonyl (C=O) groups is 5. The van der Waals surface area contributed by atoms with E-state index in [1.807, 2.05) is 20.8 Å². The van der Waals surface area contributed by atoms with Crippen LogP contribution in [-0.4, -0.2) is 66.0 Å². The molecule has 1 heterocycles. The fourth-order valence-electron chi connectivity index (χ4n) is 6.89. The topological polar surface area (TPSA) is 134 Å². The van der Waals surface area contributed by atoms with Crippen molar-refractivity contribution in [3.05, 3.63) is 59.7 Å². The van der Waals surface area contributed by atoms with Crippen molar-refractivity contribution in [1.82, 2.24) is 20.9 Å². The Morgan fingerprint density at radius 3 is 1.93 bits per heavy atom. The van der Waals surface area contributed by atoms with E-state index in [2.05, 4.69) is 43.6 Å². The van der Waals surface area contributed by atoms with Gasteiger partial charge in [-0.3, -0.25) is 19.2 Å². The largest absolute Gasteiger partial charge is 0.457 e. The lowest BCUT2D eigenvalue weighted by molar-refractivity contribution is -0.141. The molecule has 0 spiro atoms. The Morgan fingerprint density at radius 1 is 0.911 bits per heavy atom. The number of likely N-dealkylation sites (tertiary alicyclic amines) is 1. The summed E-state index contributed by atoms with van der Waals surface area (Å²) in [5.41, 5.74) is 0.404. The zero-order valence-corrected chi connectivity index (χ0v) is 27.4. The fourth-order valence-corrected chi connectivity index (χ4v) is 6.89. The monoisotopic (exact) mass is 618 g/mol. The van der Waals surface area contributed by atoms with Crippen molar-refractivity contribution in [2.24, 2.45) is 16.2 Å². The number of aldehydes is 1. The molecular formula is C35H46N4O6. The lowest BCUT2D eigenvalue weighted by Crippen LogP contribution is -2.63. The van der Waals surface area contributed by atoms with Crippen molar-refractivity contribution in [3.63, 3.8) is 0 Å². The van der Waals surface area contributed by atoms with Crippen LogP contribution in [0.2, 0.25) is 0 Å². The minimum Gasteiger partial charge on any atom is -0.457 e. The highest BCUT2D eigenvalue weighted by atomic mass is 16.5. The number of nitrogens with zero attached hydrogens (tertiary/aromatic N) is 1. The highest BCUT2D eigenvalue weighted by Crippen LogP contribution is 2.53. The standard InChI is InChI=1S/C35H46N4O6/c1-33(2,3)28(31(44)39-18-8-9-24(39)20-40)37-27(41)19-36-29(42)22-10-14-25(15-11-22)45-26-16-12-23(13-17-26)30(43)38-32-34(4,5)21-35(32,6)7/h10-17,20,24,28,32H,8-9,18-19,21H2,1-7H3,(H,36,42)(H,37,41)(H,38,43)/t24-,28+/m0/s1. The van der Waals surface area contributed by atoms with Gasteiger partial charge in [-0.25, -0.2) is 0 Å². The molecule has 2 atom stereocenters. The number of nitrogens with one attached hydrogen (secondary N) is 3. The molecule has 45 heavy (non-hydrogen) atoms. The maximum atomic E-state index is 13.2. The summed E-state index contributed by atoms with van der Waals surface area (Å²) in [5, 5.41) is 8.52. The van der Waals surface area contributed by atoms with Crippen LogP contribution in [0.1, 0.15) is 88.4 Å². The van der Waals surface area contributed by atoms with Gasteiger partial charge in [0.15, 0.2) is 0 Å². The molecule has 3 N–H and O–H groups in total. The van der Waals surface area contributed by atoms with Gasteiger partial charge in [0.25, 0.3) is 11.8 Å². The summed E-state index contributed by atoms with van der Waals surface area (Å²) < 4.78 is 5.90. The summed E-state index contributed by atoms with van der Waals surface area (Å²) >= 11 is 0. The summed E-state index contributed by atoms with van der Waals surface area (Å²) in [6.45, 7) is 14.3. The Labute approximate surface area is 265 Å². The SMILES string of the molecule is CC1(C)CC(C)(C)C1NC(=O)c1ccc(Oc2ccc(C(=O)NCC(=O)N[C@H](C(=O)N3CCC[C@H]3C=O)C(C)(C)C)cc2)cc1. The smallest absolute Gasteiger partial charge is 0.251 e. The maximum absolute atomic E-state index is 13.2. The average molecular weight is 619 g/mol. The molecule has 1 saturated carbocycles. The Balaban J connectivity index is 1.28. The van der Waals surface area contributed by atoms with Gasteiger partial charge in [-0.05, 0) is 84.0 Å². The Morgan fingerprint density at radius 2 is 1.44 bits per heavy atom. The van der Waals surface area contributed by atoms with Crippen LogP contribution in [-0.2, 0) is 14.4 Å². The number of ether oxygens (including phenoxy) is 1. The van der Waals surface area contributed by atoms with E-state index >= 15 is 0 Å². The lowest BCUT2D eigenvalue weighted by atomic mass is 9.52. The second-order valence-corrected chi connectivity index (χ2v) is 14.6. The number of hydrogen-bond donors (Lipinski definition) is 3. The van der Waals surface area contributed by atoms with Crippen molar-refractivity contribution in [2.45, 2.75) is 85.9 Å². The van der Waals surface area contributed by atoms with E-state index in [-0.39, 0.29) is 35.2 Å². The Bertz CT molecular complexity index is 1410. The molecule has 0 aromatic heterocycles. The van der Waals surface area contributed by atoms with Gasteiger partial charge in [0.05, 0.1) is 12.6 Å². The first-order chi connectivity index (χ1) is 21.0. The second-order valence-electron chi connectivity index (χ2n) is 14.6. The first-order valence-electron chi connectivity index (χ1n) is 15.5.